The summed E-state index contributed by atoms with van der Waals surface area (Å²) in [6.45, 7) is 5.83. The number of fused-ring (bicyclic) bond motifs is 1. The van der Waals surface area contributed by atoms with Gasteiger partial charge in [0.15, 0.2) is 11.2 Å². The van der Waals surface area contributed by atoms with Gasteiger partial charge in [0.05, 0.1) is 12.2 Å². The van der Waals surface area contributed by atoms with E-state index < -0.39 is 17.4 Å². The van der Waals surface area contributed by atoms with Crippen LogP contribution >= 0.6 is 0 Å². The molecule has 0 fully saturated rings. The summed E-state index contributed by atoms with van der Waals surface area (Å²) in [6, 6.07) is 9.57. The molecule has 32 heavy (non-hydrogen) atoms. The number of aliphatic hydroxyl groups excluding tert-OH is 1. The fourth-order valence-electron chi connectivity index (χ4n) is 3.70. The van der Waals surface area contributed by atoms with Gasteiger partial charge in [-0.2, -0.15) is 10.1 Å². The van der Waals surface area contributed by atoms with E-state index in [1.165, 1.54) is 11.6 Å². The van der Waals surface area contributed by atoms with Crippen molar-refractivity contribution in [1.29, 1.82) is 0 Å². The van der Waals surface area contributed by atoms with E-state index in [4.69, 9.17) is 4.74 Å². The van der Waals surface area contributed by atoms with Gasteiger partial charge in [-0.15, -0.1) is 0 Å². The van der Waals surface area contributed by atoms with Crippen molar-refractivity contribution >= 4 is 11.2 Å². The molecular formula is C22H26N6O4. The third kappa shape index (κ3) is 3.96. The van der Waals surface area contributed by atoms with Crippen molar-refractivity contribution in [3.63, 3.8) is 0 Å². The number of hydrogen-bond acceptors (Lipinski definition) is 6. The average Bonchev–Trinajstić information content (AvgIpc) is 3.30. The topological polar surface area (TPSA) is 120 Å². The Kier molecular flexibility index (Phi) is 5.70. The Hall–Kier alpha value is -3.66. The lowest BCUT2D eigenvalue weighted by atomic mass is 10.2. The molecule has 4 rings (SSSR count). The highest BCUT2D eigenvalue weighted by Gasteiger charge is 2.22. The zero-order valence-corrected chi connectivity index (χ0v) is 18.5. The van der Waals surface area contributed by atoms with Crippen molar-refractivity contribution in [3.8, 4) is 11.7 Å². The summed E-state index contributed by atoms with van der Waals surface area (Å²) in [5.41, 5.74) is 1.98. The standard InChI is InChI=1S/C22H26N6O4/c1-5-15-7-6-8-17(10-15)32-12-16(29)11-27-18-19(26(4)22(31)24-20(18)30)23-21(27)28-14(3)9-13(2)25-28/h6-10,16,29H,5,11-12H2,1-4H3,(H,24,30,31)/t16-/m0/s1. The fourth-order valence-corrected chi connectivity index (χ4v) is 3.70. The number of rotatable bonds is 7. The summed E-state index contributed by atoms with van der Waals surface area (Å²) in [7, 11) is 1.53. The number of benzene rings is 1. The van der Waals surface area contributed by atoms with Crippen LogP contribution in [0.1, 0.15) is 23.9 Å². The average molecular weight is 438 g/mol. The molecule has 168 valence electrons. The lowest BCUT2D eigenvalue weighted by molar-refractivity contribution is 0.0931. The first-order chi connectivity index (χ1) is 15.3. The Bertz CT molecular complexity index is 1390. The number of aromatic amines is 1. The van der Waals surface area contributed by atoms with Gasteiger partial charge in [0.1, 0.15) is 18.5 Å². The number of imidazole rings is 1. The van der Waals surface area contributed by atoms with Crippen LogP contribution in [-0.4, -0.2) is 46.7 Å². The van der Waals surface area contributed by atoms with Gasteiger partial charge in [-0.25, -0.2) is 9.48 Å². The first kappa shape index (κ1) is 21.6. The molecule has 10 nitrogen and oxygen atoms in total. The van der Waals surface area contributed by atoms with E-state index in [1.807, 2.05) is 44.2 Å². The number of nitrogens with zero attached hydrogens (tertiary/aromatic N) is 5. The molecule has 0 spiro atoms. The lowest BCUT2D eigenvalue weighted by Gasteiger charge is -2.16. The number of ether oxygens (including phenoxy) is 1. The molecule has 10 heteroatoms. The van der Waals surface area contributed by atoms with Crippen LogP contribution in [0.4, 0.5) is 0 Å². The second-order valence-corrected chi connectivity index (χ2v) is 7.82. The quantitative estimate of drug-likeness (QED) is 0.448. The smallest absolute Gasteiger partial charge is 0.329 e. The normalized spacial score (nSPS) is 12.4. The maximum Gasteiger partial charge on any atom is 0.329 e. The molecule has 0 amide bonds. The summed E-state index contributed by atoms with van der Waals surface area (Å²) in [5, 5.41) is 15.2. The molecule has 0 bridgehead atoms. The van der Waals surface area contributed by atoms with E-state index in [0.717, 1.165) is 23.4 Å². The molecule has 3 aromatic heterocycles. The van der Waals surface area contributed by atoms with Gasteiger partial charge >= 0.3 is 5.69 Å². The van der Waals surface area contributed by atoms with Crippen LogP contribution in [0.5, 0.6) is 5.75 Å². The van der Waals surface area contributed by atoms with Crippen molar-refractivity contribution in [2.24, 2.45) is 7.05 Å². The molecule has 0 aliphatic rings. The van der Waals surface area contributed by atoms with Crippen LogP contribution in [0, 0.1) is 13.8 Å². The van der Waals surface area contributed by atoms with E-state index in [-0.39, 0.29) is 24.3 Å². The zero-order valence-electron chi connectivity index (χ0n) is 18.5. The van der Waals surface area contributed by atoms with E-state index in [0.29, 0.717) is 11.7 Å². The van der Waals surface area contributed by atoms with Crippen LogP contribution in [0.15, 0.2) is 39.9 Å². The molecule has 3 heterocycles. The molecule has 0 unspecified atom stereocenters. The van der Waals surface area contributed by atoms with Gasteiger partial charge in [-0.05, 0) is 44.0 Å². The van der Waals surface area contributed by atoms with Crippen LogP contribution in [0.25, 0.3) is 17.1 Å². The molecule has 0 radical (unpaired) electrons. The Morgan fingerprint density at radius 3 is 2.69 bits per heavy atom. The van der Waals surface area contributed by atoms with E-state index in [1.54, 1.807) is 9.25 Å². The highest BCUT2D eigenvalue weighted by atomic mass is 16.5. The maximum atomic E-state index is 12.7. The molecular weight excluding hydrogens is 412 g/mol. The van der Waals surface area contributed by atoms with Crippen LogP contribution in [-0.2, 0) is 20.0 Å². The Morgan fingerprint density at radius 1 is 1.22 bits per heavy atom. The van der Waals surface area contributed by atoms with E-state index in [9.17, 15) is 14.7 Å². The zero-order chi connectivity index (χ0) is 23.0. The maximum absolute atomic E-state index is 12.7. The second-order valence-electron chi connectivity index (χ2n) is 7.82. The van der Waals surface area contributed by atoms with E-state index in [2.05, 4.69) is 22.0 Å². The summed E-state index contributed by atoms with van der Waals surface area (Å²) in [4.78, 5) is 31.6. The van der Waals surface area contributed by atoms with Crippen molar-refractivity contribution in [3.05, 3.63) is 68.1 Å². The minimum atomic E-state index is -0.940. The first-order valence-electron chi connectivity index (χ1n) is 10.4. The fraction of sp³-hybridized carbons (Fsp3) is 0.364. The molecule has 4 aromatic rings. The van der Waals surface area contributed by atoms with Gasteiger partial charge in [0.2, 0.25) is 5.95 Å². The predicted molar refractivity (Wildman–Crippen MR) is 120 cm³/mol. The number of aryl methyl sites for hydroxylation is 4. The number of hydrogen-bond donors (Lipinski definition) is 2. The largest absolute Gasteiger partial charge is 0.491 e. The molecule has 1 aromatic carbocycles. The molecule has 0 aliphatic carbocycles. The number of aliphatic hydroxyl groups is 1. The third-order valence-corrected chi connectivity index (χ3v) is 5.33. The molecule has 0 aliphatic heterocycles. The Morgan fingerprint density at radius 2 is 2.00 bits per heavy atom. The van der Waals surface area contributed by atoms with Crippen LogP contribution < -0.4 is 16.0 Å². The Balaban J connectivity index is 1.72. The molecule has 1 atom stereocenters. The monoisotopic (exact) mass is 438 g/mol. The van der Waals surface area contributed by atoms with Gasteiger partial charge in [0, 0.05) is 12.7 Å². The van der Waals surface area contributed by atoms with Gasteiger partial charge in [-0.3, -0.25) is 18.9 Å². The first-order valence-corrected chi connectivity index (χ1v) is 10.4. The van der Waals surface area contributed by atoms with Crippen LogP contribution in [0.3, 0.4) is 0 Å². The SMILES string of the molecule is CCc1cccc(OC[C@@H](O)Cn2c(-n3nc(C)cc3C)nc3c2c(=O)[nH]c(=O)n3C)c1. The highest BCUT2D eigenvalue weighted by Crippen LogP contribution is 2.19. The number of H-pyrrole nitrogens is 1. The van der Waals surface area contributed by atoms with Gasteiger partial charge in [-0.1, -0.05) is 19.1 Å². The lowest BCUT2D eigenvalue weighted by Crippen LogP contribution is -2.31. The second kappa shape index (κ2) is 8.46. The predicted octanol–water partition coefficient (Wildman–Crippen LogP) is 1.23. The highest BCUT2D eigenvalue weighted by molar-refractivity contribution is 5.72. The van der Waals surface area contributed by atoms with Crippen molar-refractivity contribution in [2.45, 2.75) is 39.8 Å². The van der Waals surface area contributed by atoms with Crippen LogP contribution in [0.2, 0.25) is 0 Å². The van der Waals surface area contributed by atoms with Crippen molar-refractivity contribution in [2.75, 3.05) is 6.61 Å². The summed E-state index contributed by atoms with van der Waals surface area (Å²) >= 11 is 0. The minimum Gasteiger partial charge on any atom is -0.491 e. The van der Waals surface area contributed by atoms with Crippen molar-refractivity contribution < 1.29 is 9.84 Å². The number of nitrogens with one attached hydrogen (secondary N) is 1. The number of aromatic nitrogens is 6. The molecule has 2 N–H and O–H groups in total. The summed E-state index contributed by atoms with van der Waals surface area (Å²) < 4.78 is 10.2. The minimum absolute atomic E-state index is 0.0209. The summed E-state index contributed by atoms with van der Waals surface area (Å²) in [6.07, 6.45) is -0.0566. The van der Waals surface area contributed by atoms with E-state index >= 15 is 0 Å². The third-order valence-electron chi connectivity index (χ3n) is 5.33. The Labute approximate surface area is 183 Å². The summed E-state index contributed by atoms with van der Waals surface area (Å²) in [5.74, 6) is 1.00. The molecule has 0 saturated carbocycles. The van der Waals surface area contributed by atoms with Gasteiger partial charge < -0.3 is 9.84 Å². The van der Waals surface area contributed by atoms with Crippen molar-refractivity contribution in [1.82, 2.24) is 28.9 Å². The van der Waals surface area contributed by atoms with Gasteiger partial charge in [0.25, 0.3) is 5.56 Å². The molecule has 0 saturated heterocycles.